The van der Waals surface area contributed by atoms with Crippen LogP contribution in [0.1, 0.15) is 11.1 Å². The van der Waals surface area contributed by atoms with Gasteiger partial charge in [0.2, 0.25) is 0 Å². The zero-order chi connectivity index (χ0) is 18.2. The van der Waals surface area contributed by atoms with Crippen molar-refractivity contribution in [2.45, 2.75) is 6.18 Å². The summed E-state index contributed by atoms with van der Waals surface area (Å²) in [6.45, 7) is 0. The molecule has 2 aromatic carbocycles. The molecule has 1 heterocycles. The van der Waals surface area contributed by atoms with Crippen LogP contribution in [0.2, 0.25) is 5.02 Å². The maximum absolute atomic E-state index is 13.3. The van der Waals surface area contributed by atoms with Gasteiger partial charge in [-0.15, -0.1) is 0 Å². The predicted molar refractivity (Wildman–Crippen MR) is 86.6 cm³/mol. The van der Waals surface area contributed by atoms with Crippen LogP contribution in [0.4, 0.5) is 18.9 Å². The monoisotopic (exact) mass is 366 g/mol. The molecule has 0 aromatic heterocycles. The lowest BCUT2D eigenvalue weighted by molar-refractivity contribution is -0.137. The summed E-state index contributed by atoms with van der Waals surface area (Å²) in [4.78, 5) is 24.2. The van der Waals surface area contributed by atoms with Gasteiger partial charge in [-0.2, -0.15) is 13.2 Å². The lowest BCUT2D eigenvalue weighted by atomic mass is 9.98. The summed E-state index contributed by atoms with van der Waals surface area (Å²) in [7, 11) is 0. The fourth-order valence-electron chi connectivity index (χ4n) is 2.49. The molecule has 128 valence electrons. The van der Waals surface area contributed by atoms with Crippen LogP contribution in [0.15, 0.2) is 54.2 Å². The molecule has 0 fully saturated rings. The molecule has 2 N–H and O–H groups in total. The van der Waals surface area contributed by atoms with Gasteiger partial charge < -0.3 is 5.32 Å². The van der Waals surface area contributed by atoms with Gasteiger partial charge >= 0.3 is 6.18 Å². The Morgan fingerprint density at radius 2 is 1.68 bits per heavy atom. The molecule has 8 heteroatoms. The van der Waals surface area contributed by atoms with Gasteiger partial charge in [0.25, 0.3) is 11.8 Å². The largest absolute Gasteiger partial charge is 0.417 e. The highest BCUT2D eigenvalue weighted by Gasteiger charge is 2.39. The van der Waals surface area contributed by atoms with Crippen LogP contribution in [-0.4, -0.2) is 11.8 Å². The standard InChI is InChI=1S/C17H10ClF3N2O2/c18-9-4-3-5-10(8-9)22-14-13(15(24)23-16(14)25)11-6-1-2-7-12(11)17(19,20)21/h1-8H,(H2,22,23,24,25). The molecule has 25 heavy (non-hydrogen) atoms. The number of carbonyl (C=O) groups is 2. The van der Waals surface area contributed by atoms with E-state index >= 15 is 0 Å². The molecular weight excluding hydrogens is 357 g/mol. The normalized spacial score (nSPS) is 14.7. The fraction of sp³-hybridized carbons (Fsp3) is 0.0588. The van der Waals surface area contributed by atoms with Crippen LogP contribution < -0.4 is 10.6 Å². The van der Waals surface area contributed by atoms with Crippen molar-refractivity contribution >= 4 is 34.7 Å². The van der Waals surface area contributed by atoms with E-state index in [1.807, 2.05) is 5.32 Å². The Kier molecular flexibility index (Phi) is 4.26. The first-order valence-electron chi connectivity index (χ1n) is 7.06. The van der Waals surface area contributed by atoms with E-state index in [1.54, 1.807) is 18.2 Å². The van der Waals surface area contributed by atoms with Crippen molar-refractivity contribution in [3.05, 3.63) is 70.4 Å². The maximum atomic E-state index is 13.3. The summed E-state index contributed by atoms with van der Waals surface area (Å²) in [6.07, 6.45) is -4.67. The van der Waals surface area contributed by atoms with Crippen LogP contribution in [0.5, 0.6) is 0 Å². The second kappa shape index (κ2) is 6.25. The van der Waals surface area contributed by atoms with Crippen LogP contribution >= 0.6 is 11.6 Å². The number of hydrogen-bond donors (Lipinski definition) is 2. The van der Waals surface area contributed by atoms with Crippen molar-refractivity contribution in [3.8, 4) is 0 Å². The highest BCUT2D eigenvalue weighted by molar-refractivity contribution is 6.37. The number of rotatable bonds is 3. The number of carbonyl (C=O) groups excluding carboxylic acids is 2. The summed E-state index contributed by atoms with van der Waals surface area (Å²) >= 11 is 5.86. The Hall–Kier alpha value is -2.80. The van der Waals surface area contributed by atoms with E-state index in [4.69, 9.17) is 11.6 Å². The molecule has 0 radical (unpaired) electrons. The molecule has 2 aromatic rings. The highest BCUT2D eigenvalue weighted by Crippen LogP contribution is 2.37. The quantitative estimate of drug-likeness (QED) is 0.811. The maximum Gasteiger partial charge on any atom is 0.417 e. The average molecular weight is 367 g/mol. The Morgan fingerprint density at radius 3 is 2.36 bits per heavy atom. The molecule has 4 nitrogen and oxygen atoms in total. The minimum Gasteiger partial charge on any atom is -0.350 e. The molecule has 0 aliphatic carbocycles. The van der Waals surface area contributed by atoms with Gasteiger partial charge in [-0.3, -0.25) is 14.9 Å². The van der Waals surface area contributed by atoms with E-state index in [0.717, 1.165) is 12.1 Å². The Balaban J connectivity index is 2.15. The number of alkyl halides is 3. The van der Waals surface area contributed by atoms with Crippen LogP contribution in [0, 0.1) is 0 Å². The van der Waals surface area contributed by atoms with E-state index in [9.17, 15) is 22.8 Å². The number of imide groups is 1. The Morgan fingerprint density at radius 1 is 0.960 bits per heavy atom. The van der Waals surface area contributed by atoms with Crippen LogP contribution in [0.25, 0.3) is 5.57 Å². The fourth-order valence-corrected chi connectivity index (χ4v) is 2.68. The van der Waals surface area contributed by atoms with E-state index in [0.29, 0.717) is 10.7 Å². The second-order valence-electron chi connectivity index (χ2n) is 5.21. The number of halogens is 4. The van der Waals surface area contributed by atoms with Crippen LogP contribution in [0.3, 0.4) is 0 Å². The van der Waals surface area contributed by atoms with Gasteiger partial charge in [-0.05, 0) is 24.3 Å². The van der Waals surface area contributed by atoms with Crippen molar-refractivity contribution in [2.75, 3.05) is 5.32 Å². The molecular formula is C17H10ClF3N2O2. The zero-order valence-corrected chi connectivity index (χ0v) is 13.2. The van der Waals surface area contributed by atoms with E-state index in [2.05, 4.69) is 5.32 Å². The van der Waals surface area contributed by atoms with E-state index < -0.39 is 23.6 Å². The molecule has 0 unspecified atom stereocenters. The first-order valence-corrected chi connectivity index (χ1v) is 7.44. The zero-order valence-electron chi connectivity index (χ0n) is 12.4. The van der Waals surface area contributed by atoms with E-state index in [-0.39, 0.29) is 16.8 Å². The highest BCUT2D eigenvalue weighted by atomic mass is 35.5. The van der Waals surface area contributed by atoms with Crippen molar-refractivity contribution in [1.82, 2.24) is 5.32 Å². The number of hydrogen-bond acceptors (Lipinski definition) is 3. The molecule has 1 aliphatic rings. The van der Waals surface area contributed by atoms with Crippen molar-refractivity contribution in [3.63, 3.8) is 0 Å². The third-order valence-corrected chi connectivity index (χ3v) is 3.76. The van der Waals surface area contributed by atoms with Gasteiger partial charge in [0.15, 0.2) is 0 Å². The number of nitrogens with one attached hydrogen (secondary N) is 2. The third kappa shape index (κ3) is 3.36. The smallest absolute Gasteiger partial charge is 0.350 e. The third-order valence-electron chi connectivity index (χ3n) is 3.53. The molecule has 0 spiro atoms. The minimum absolute atomic E-state index is 0.260. The molecule has 3 rings (SSSR count). The SMILES string of the molecule is O=C1NC(=O)C(c2ccccc2C(F)(F)F)=C1Nc1cccc(Cl)c1. The first kappa shape index (κ1) is 17.0. The Bertz CT molecular complexity index is 907. The lowest BCUT2D eigenvalue weighted by Crippen LogP contribution is -2.24. The number of anilines is 1. The van der Waals surface area contributed by atoms with Crippen molar-refractivity contribution < 1.29 is 22.8 Å². The molecule has 0 saturated heterocycles. The van der Waals surface area contributed by atoms with Crippen molar-refractivity contribution in [2.24, 2.45) is 0 Å². The molecule has 1 aliphatic heterocycles. The summed E-state index contributed by atoms with van der Waals surface area (Å²) in [5.41, 5.74) is -1.63. The van der Waals surface area contributed by atoms with Gasteiger partial charge in [0.05, 0.1) is 11.1 Å². The topological polar surface area (TPSA) is 58.2 Å². The Labute approximate surface area is 145 Å². The molecule has 0 bridgehead atoms. The summed E-state index contributed by atoms with van der Waals surface area (Å²) in [5.74, 6) is -1.71. The molecule has 2 amide bonds. The van der Waals surface area contributed by atoms with Crippen molar-refractivity contribution in [1.29, 1.82) is 0 Å². The summed E-state index contributed by atoms with van der Waals surface area (Å²) in [6, 6.07) is 10.8. The minimum atomic E-state index is -4.67. The first-order chi connectivity index (χ1) is 11.8. The van der Waals surface area contributed by atoms with E-state index in [1.165, 1.54) is 18.2 Å². The lowest BCUT2D eigenvalue weighted by Gasteiger charge is -2.14. The summed E-state index contributed by atoms with van der Waals surface area (Å²) < 4.78 is 39.8. The van der Waals surface area contributed by atoms with Gasteiger partial charge in [-0.1, -0.05) is 35.9 Å². The summed E-state index contributed by atoms with van der Waals surface area (Å²) in [5, 5.41) is 5.07. The second-order valence-corrected chi connectivity index (χ2v) is 5.65. The molecule has 0 atom stereocenters. The van der Waals surface area contributed by atoms with Gasteiger partial charge in [-0.25, -0.2) is 0 Å². The predicted octanol–water partition coefficient (Wildman–Crippen LogP) is 3.84. The average Bonchev–Trinajstić information content (AvgIpc) is 2.80. The van der Waals surface area contributed by atoms with Gasteiger partial charge in [0, 0.05) is 16.3 Å². The number of amides is 2. The van der Waals surface area contributed by atoms with Crippen LogP contribution in [-0.2, 0) is 15.8 Å². The molecule has 0 saturated carbocycles. The van der Waals surface area contributed by atoms with Gasteiger partial charge in [0.1, 0.15) is 5.70 Å². The number of benzene rings is 2.